The molecule has 94 valence electrons. The van der Waals surface area contributed by atoms with Crippen molar-refractivity contribution in [1.29, 1.82) is 0 Å². The normalized spacial score (nSPS) is 10.4. The summed E-state index contributed by atoms with van der Waals surface area (Å²) in [6.07, 6.45) is 1.61. The molecule has 2 aromatic rings. The summed E-state index contributed by atoms with van der Waals surface area (Å²) in [6, 6.07) is 9.41. The third kappa shape index (κ3) is 2.82. The third-order valence-electron chi connectivity index (χ3n) is 2.67. The van der Waals surface area contributed by atoms with Gasteiger partial charge in [0.15, 0.2) is 0 Å². The van der Waals surface area contributed by atoms with E-state index >= 15 is 0 Å². The lowest BCUT2D eigenvalue weighted by atomic mass is 10.1. The Bertz CT molecular complexity index is 549. The minimum atomic E-state index is -0.0259. The largest absolute Gasteiger partial charge is 0.467 e. The number of amides is 1. The number of benzene rings is 1. The van der Waals surface area contributed by atoms with Crippen molar-refractivity contribution < 1.29 is 9.21 Å². The zero-order chi connectivity index (χ0) is 13.1. The van der Waals surface area contributed by atoms with Gasteiger partial charge in [-0.3, -0.25) is 4.79 Å². The molecule has 0 atom stereocenters. The van der Waals surface area contributed by atoms with Crippen LogP contribution in [-0.4, -0.2) is 17.9 Å². The molecule has 1 aromatic carbocycles. The fourth-order valence-electron chi connectivity index (χ4n) is 1.72. The summed E-state index contributed by atoms with van der Waals surface area (Å²) < 4.78 is 6.05. The van der Waals surface area contributed by atoms with Crippen molar-refractivity contribution >= 4 is 21.8 Å². The van der Waals surface area contributed by atoms with E-state index in [-0.39, 0.29) is 5.91 Å². The zero-order valence-electron chi connectivity index (χ0n) is 10.3. The highest BCUT2D eigenvalue weighted by atomic mass is 79.9. The number of nitrogens with zero attached hydrogens (tertiary/aromatic N) is 1. The van der Waals surface area contributed by atoms with E-state index in [0.29, 0.717) is 12.1 Å². The lowest BCUT2D eigenvalue weighted by Gasteiger charge is -2.17. The Labute approximate surface area is 115 Å². The molecule has 18 heavy (non-hydrogen) atoms. The Balaban J connectivity index is 2.17. The highest BCUT2D eigenvalue weighted by Gasteiger charge is 2.16. The van der Waals surface area contributed by atoms with Crippen LogP contribution >= 0.6 is 15.9 Å². The van der Waals surface area contributed by atoms with Crippen LogP contribution in [0.4, 0.5) is 0 Å². The number of hydrogen-bond acceptors (Lipinski definition) is 2. The predicted octanol–water partition coefficient (Wildman–Crippen LogP) is 3.62. The second-order valence-corrected chi connectivity index (χ2v) is 5.08. The van der Waals surface area contributed by atoms with Gasteiger partial charge >= 0.3 is 0 Å². The predicted molar refractivity (Wildman–Crippen MR) is 73.4 cm³/mol. The van der Waals surface area contributed by atoms with Gasteiger partial charge in [0.1, 0.15) is 5.76 Å². The monoisotopic (exact) mass is 307 g/mol. The van der Waals surface area contributed by atoms with Gasteiger partial charge in [-0.2, -0.15) is 0 Å². The van der Waals surface area contributed by atoms with E-state index in [1.165, 1.54) is 0 Å². The van der Waals surface area contributed by atoms with E-state index in [9.17, 15) is 4.79 Å². The first-order valence-corrected chi connectivity index (χ1v) is 6.41. The topological polar surface area (TPSA) is 33.5 Å². The van der Waals surface area contributed by atoms with Gasteiger partial charge in [0, 0.05) is 11.5 Å². The number of furan rings is 1. The molecule has 1 heterocycles. The maximum Gasteiger partial charge on any atom is 0.255 e. The molecule has 0 spiro atoms. The summed E-state index contributed by atoms with van der Waals surface area (Å²) in [4.78, 5) is 13.9. The molecule has 0 saturated heterocycles. The molecular formula is C14H14BrNO2. The zero-order valence-corrected chi connectivity index (χ0v) is 11.9. The van der Waals surface area contributed by atoms with Gasteiger partial charge in [-0.1, -0.05) is 11.6 Å². The van der Waals surface area contributed by atoms with Crippen LogP contribution in [0.15, 0.2) is 45.5 Å². The summed E-state index contributed by atoms with van der Waals surface area (Å²) in [5.41, 5.74) is 1.73. The second-order valence-electron chi connectivity index (χ2n) is 4.22. The summed E-state index contributed by atoms with van der Waals surface area (Å²) in [6.45, 7) is 2.43. The van der Waals surface area contributed by atoms with Crippen molar-refractivity contribution in [3.63, 3.8) is 0 Å². The Morgan fingerprint density at radius 3 is 2.83 bits per heavy atom. The van der Waals surface area contributed by atoms with Crippen molar-refractivity contribution in [1.82, 2.24) is 4.90 Å². The van der Waals surface area contributed by atoms with Crippen molar-refractivity contribution in [2.75, 3.05) is 7.05 Å². The van der Waals surface area contributed by atoms with E-state index in [0.717, 1.165) is 15.8 Å². The molecule has 0 aliphatic rings. The average molecular weight is 308 g/mol. The SMILES string of the molecule is Cc1ccc(Br)c(C(=O)N(C)Cc2ccco2)c1. The van der Waals surface area contributed by atoms with E-state index in [1.807, 2.05) is 37.3 Å². The molecule has 1 aromatic heterocycles. The number of carbonyl (C=O) groups excluding carboxylic acids is 1. The second kappa shape index (κ2) is 5.40. The molecule has 0 aliphatic heterocycles. The van der Waals surface area contributed by atoms with Crippen LogP contribution in [0.25, 0.3) is 0 Å². The Hall–Kier alpha value is -1.55. The smallest absolute Gasteiger partial charge is 0.255 e. The van der Waals surface area contributed by atoms with Gasteiger partial charge in [0.05, 0.1) is 18.4 Å². The Kier molecular flexibility index (Phi) is 3.87. The molecular weight excluding hydrogens is 294 g/mol. The molecule has 0 saturated carbocycles. The average Bonchev–Trinajstić information content (AvgIpc) is 2.84. The highest BCUT2D eigenvalue weighted by Crippen LogP contribution is 2.20. The minimum Gasteiger partial charge on any atom is -0.467 e. The minimum absolute atomic E-state index is 0.0259. The summed E-state index contributed by atoms with van der Waals surface area (Å²) in [7, 11) is 1.76. The van der Waals surface area contributed by atoms with Crippen LogP contribution in [0.2, 0.25) is 0 Å². The maximum absolute atomic E-state index is 12.3. The van der Waals surface area contributed by atoms with Gasteiger partial charge in [0.2, 0.25) is 0 Å². The van der Waals surface area contributed by atoms with Gasteiger partial charge in [-0.05, 0) is 47.1 Å². The summed E-state index contributed by atoms with van der Waals surface area (Å²) >= 11 is 3.41. The molecule has 0 fully saturated rings. The number of rotatable bonds is 3. The Morgan fingerprint density at radius 1 is 1.39 bits per heavy atom. The van der Waals surface area contributed by atoms with E-state index in [4.69, 9.17) is 4.42 Å². The molecule has 3 nitrogen and oxygen atoms in total. The summed E-state index contributed by atoms with van der Waals surface area (Å²) in [5.74, 6) is 0.747. The van der Waals surface area contributed by atoms with Crippen LogP contribution in [-0.2, 0) is 6.54 Å². The molecule has 4 heteroatoms. The molecule has 2 rings (SSSR count). The molecule has 0 radical (unpaired) electrons. The van der Waals surface area contributed by atoms with Gasteiger partial charge in [-0.15, -0.1) is 0 Å². The van der Waals surface area contributed by atoms with Crippen LogP contribution in [0.3, 0.4) is 0 Å². The molecule has 0 unspecified atom stereocenters. The maximum atomic E-state index is 12.3. The number of aryl methyl sites for hydroxylation is 1. The van der Waals surface area contributed by atoms with Crippen molar-refractivity contribution in [2.45, 2.75) is 13.5 Å². The van der Waals surface area contributed by atoms with Crippen molar-refractivity contribution in [2.24, 2.45) is 0 Å². The van der Waals surface area contributed by atoms with Gasteiger partial charge < -0.3 is 9.32 Å². The number of hydrogen-bond donors (Lipinski definition) is 0. The first-order chi connectivity index (χ1) is 8.58. The van der Waals surface area contributed by atoms with Gasteiger partial charge in [-0.25, -0.2) is 0 Å². The fourth-order valence-corrected chi connectivity index (χ4v) is 2.13. The molecule has 0 bridgehead atoms. The van der Waals surface area contributed by atoms with Crippen molar-refractivity contribution in [3.8, 4) is 0 Å². The molecule has 0 N–H and O–H groups in total. The quantitative estimate of drug-likeness (QED) is 0.867. The lowest BCUT2D eigenvalue weighted by molar-refractivity contribution is 0.0774. The number of halogens is 1. The van der Waals surface area contributed by atoms with Crippen molar-refractivity contribution in [3.05, 3.63) is 58.0 Å². The first-order valence-electron chi connectivity index (χ1n) is 5.62. The first kappa shape index (κ1) is 12.9. The van der Waals surface area contributed by atoms with E-state index < -0.39 is 0 Å². The fraction of sp³-hybridized carbons (Fsp3) is 0.214. The summed E-state index contributed by atoms with van der Waals surface area (Å²) in [5, 5.41) is 0. The van der Waals surface area contributed by atoms with Crippen LogP contribution in [0.5, 0.6) is 0 Å². The van der Waals surface area contributed by atoms with Crippen LogP contribution in [0.1, 0.15) is 21.7 Å². The molecule has 1 amide bonds. The number of carbonyl (C=O) groups is 1. The molecule has 0 aliphatic carbocycles. The van der Waals surface area contributed by atoms with Crippen LogP contribution < -0.4 is 0 Å². The lowest BCUT2D eigenvalue weighted by Crippen LogP contribution is -2.26. The Morgan fingerprint density at radius 2 is 2.17 bits per heavy atom. The van der Waals surface area contributed by atoms with Crippen LogP contribution in [0, 0.1) is 6.92 Å². The standard InChI is InChI=1S/C14H14BrNO2/c1-10-5-6-13(15)12(8-10)14(17)16(2)9-11-4-3-7-18-11/h3-8H,9H2,1-2H3. The van der Waals surface area contributed by atoms with E-state index in [1.54, 1.807) is 18.2 Å². The third-order valence-corrected chi connectivity index (χ3v) is 3.36. The van der Waals surface area contributed by atoms with Gasteiger partial charge in [0.25, 0.3) is 5.91 Å². The highest BCUT2D eigenvalue weighted by molar-refractivity contribution is 9.10. The van der Waals surface area contributed by atoms with E-state index in [2.05, 4.69) is 15.9 Å².